The van der Waals surface area contributed by atoms with Gasteiger partial charge in [-0.3, -0.25) is 0 Å². The molecule has 3 heterocycles. The first-order valence-electron chi connectivity index (χ1n) is 20.9. The van der Waals surface area contributed by atoms with E-state index in [9.17, 15) is 4.39 Å². The first-order chi connectivity index (χ1) is 28.2. The summed E-state index contributed by atoms with van der Waals surface area (Å²) < 4.78 is 43.0. The Morgan fingerprint density at radius 1 is 0.707 bits per heavy atom. The van der Waals surface area contributed by atoms with Crippen molar-refractivity contribution < 1.29 is 28.6 Å². The molecule has 0 aliphatic carbocycles. The zero-order valence-corrected chi connectivity index (χ0v) is 38.8. The molecule has 8 rings (SSSR count). The minimum absolute atomic E-state index is 0. The largest absolute Gasteiger partial charge is 0.305 e. The van der Waals surface area contributed by atoms with Crippen LogP contribution in [0.25, 0.3) is 53.8 Å². The molecule has 1 atom stereocenters. The number of rotatable bonds is 8. The second-order valence-electron chi connectivity index (χ2n) is 16.1. The van der Waals surface area contributed by atoms with Crippen LogP contribution in [0.1, 0.15) is 84.2 Å². The molecule has 8 aromatic rings. The maximum Gasteiger partial charge on any atom is 0.123 e. The van der Waals surface area contributed by atoms with E-state index in [1.165, 1.54) is 22.9 Å². The number of nitrogens with zero attached hydrogens (tertiary/aromatic N) is 2. The summed E-state index contributed by atoms with van der Waals surface area (Å²) in [7, 11) is -1.27. The Bertz CT molecular complexity index is 2810. The Balaban J connectivity index is 0.000000290. The number of hydrogen-bond donors (Lipinski definition) is 0. The molecule has 58 heavy (non-hydrogen) atoms. The molecule has 3 aromatic heterocycles. The Morgan fingerprint density at radius 2 is 1.43 bits per heavy atom. The van der Waals surface area contributed by atoms with Crippen molar-refractivity contribution in [2.45, 2.75) is 78.9 Å². The van der Waals surface area contributed by atoms with Crippen LogP contribution in [0.3, 0.4) is 0 Å². The maximum atomic E-state index is 14.0. The van der Waals surface area contributed by atoms with E-state index in [4.69, 9.17) is 4.11 Å². The van der Waals surface area contributed by atoms with Crippen LogP contribution in [0.15, 0.2) is 128 Å². The Labute approximate surface area is 367 Å². The topological polar surface area (TPSA) is 25.8 Å². The second-order valence-corrected chi connectivity index (χ2v) is 22.2. The number of benzene rings is 5. The molecule has 2 nitrogen and oxygen atoms in total. The van der Waals surface area contributed by atoms with Crippen LogP contribution in [-0.2, 0) is 20.1 Å². The molecule has 1 unspecified atom stereocenters. The van der Waals surface area contributed by atoms with Gasteiger partial charge in [-0.15, -0.1) is 59.7 Å². The maximum absolute atomic E-state index is 14.0. The van der Waals surface area contributed by atoms with Crippen LogP contribution >= 0.6 is 11.3 Å². The number of halogens is 1. The molecule has 0 aliphatic heterocycles. The van der Waals surface area contributed by atoms with Crippen LogP contribution in [0.2, 0.25) is 19.6 Å². The minimum atomic E-state index is -1.27. The molecular formula is C52H51FIrN2SSi-2. The van der Waals surface area contributed by atoms with Gasteiger partial charge in [0, 0.05) is 47.2 Å². The third-order valence-corrected chi connectivity index (χ3v) is 13.8. The van der Waals surface area contributed by atoms with Crippen molar-refractivity contribution in [1.29, 1.82) is 0 Å². The number of aromatic nitrogens is 2. The molecule has 0 fully saturated rings. The van der Waals surface area contributed by atoms with Crippen molar-refractivity contribution in [3.8, 4) is 33.6 Å². The van der Waals surface area contributed by atoms with Crippen LogP contribution < -0.4 is 5.19 Å². The van der Waals surface area contributed by atoms with E-state index in [-0.39, 0.29) is 25.9 Å². The zero-order valence-electron chi connectivity index (χ0n) is 37.6. The monoisotopic (exact) mass is 978 g/mol. The van der Waals surface area contributed by atoms with E-state index in [0.717, 1.165) is 64.8 Å². The minimum Gasteiger partial charge on any atom is -0.305 e. The van der Waals surface area contributed by atoms with Crippen molar-refractivity contribution in [2.24, 2.45) is 0 Å². The van der Waals surface area contributed by atoms with E-state index in [0.29, 0.717) is 11.3 Å². The van der Waals surface area contributed by atoms with Gasteiger partial charge in [-0.2, -0.15) is 11.3 Å². The fraction of sp³-hybridized carbons (Fsp3) is 0.231. The number of hydrogen-bond acceptors (Lipinski definition) is 3. The average Bonchev–Trinajstić information content (AvgIpc) is 3.58. The quantitative estimate of drug-likeness (QED) is 0.112. The summed E-state index contributed by atoms with van der Waals surface area (Å²) in [4.78, 5) is 9.25. The molecule has 0 N–H and O–H groups in total. The van der Waals surface area contributed by atoms with Crippen molar-refractivity contribution >= 4 is 44.8 Å². The molecule has 0 spiro atoms. The molecule has 297 valence electrons. The van der Waals surface area contributed by atoms with Gasteiger partial charge >= 0.3 is 0 Å². The first kappa shape index (κ1) is 38.9. The Kier molecular flexibility index (Phi) is 12.2. The van der Waals surface area contributed by atoms with Crippen molar-refractivity contribution in [2.75, 3.05) is 0 Å². The first-order valence-corrected chi connectivity index (χ1v) is 23.7. The molecule has 0 saturated carbocycles. The van der Waals surface area contributed by atoms with Gasteiger partial charge in [0.1, 0.15) is 5.82 Å². The van der Waals surface area contributed by atoms with Gasteiger partial charge in [0.25, 0.3) is 0 Å². The summed E-state index contributed by atoms with van der Waals surface area (Å²) in [6, 6.07) is 43.1. The summed E-state index contributed by atoms with van der Waals surface area (Å²) in [6.45, 7) is 18.6. The molecule has 6 heteroatoms. The van der Waals surface area contributed by atoms with Crippen LogP contribution in [0.4, 0.5) is 4.39 Å². The number of pyridine rings is 2. The predicted molar refractivity (Wildman–Crippen MR) is 245 cm³/mol. The van der Waals surface area contributed by atoms with E-state index < -0.39 is 25.8 Å². The van der Waals surface area contributed by atoms with Gasteiger partial charge in [-0.05, 0) is 103 Å². The summed E-state index contributed by atoms with van der Waals surface area (Å²) >= 11 is 1.67. The Morgan fingerprint density at radius 3 is 2.09 bits per heavy atom. The number of fused-ring (bicyclic) bond motifs is 3. The van der Waals surface area contributed by atoms with E-state index in [1.807, 2.05) is 82.3 Å². The molecule has 0 aliphatic rings. The zero-order chi connectivity index (χ0) is 43.2. The standard InChI is InChI=1S/C37H33FNS.C15H18NSi.Ir/c1-22(2)29-11-7-12-30(23(3)4)36(29)27-15-16-31-32-13-8-14-33(37(32)40-35(31)21-27)34-20-26(17-18-39-34)24(5)25-9-6-10-28(38)19-25;1-12-10-14(13-8-6-5-7-9-13)16-11-15(12)17(2,3)4;/h6-13,15-24H,1-5H3;5-8,10-11H,1-4H3;/q2*-1;/i22D,23D,24D;;. The SMILES string of the molecule is Cc1cc(-c2[c-]cccc2)ncc1[Si](C)(C)C.[2H]C(C)(C)c1cccc(C([2H])(C)C)c1-c1ccc2c(c1)sc1c(-c3cc(C([2H])(C)c4cccc(F)c4)ccn3)[c-]ccc12.[Ir]. The van der Waals surface area contributed by atoms with Crippen LogP contribution in [0, 0.1) is 24.9 Å². The fourth-order valence-corrected chi connectivity index (χ4v) is 10.5. The van der Waals surface area contributed by atoms with E-state index >= 15 is 0 Å². The summed E-state index contributed by atoms with van der Waals surface area (Å²) in [5, 5.41) is 3.66. The Hall–Kier alpha value is -4.58. The summed E-state index contributed by atoms with van der Waals surface area (Å²) in [6.07, 6.45) is 3.76. The van der Waals surface area contributed by atoms with Crippen LogP contribution in [0.5, 0.6) is 0 Å². The smallest absolute Gasteiger partial charge is 0.123 e. The van der Waals surface area contributed by atoms with Crippen molar-refractivity contribution in [3.05, 3.63) is 173 Å². The number of aryl methyl sites for hydroxylation is 1. The van der Waals surface area contributed by atoms with E-state index in [2.05, 4.69) is 91.3 Å². The summed E-state index contributed by atoms with van der Waals surface area (Å²) in [5.41, 5.74) is 10.1. The van der Waals surface area contributed by atoms with Gasteiger partial charge in [0.2, 0.25) is 0 Å². The molecule has 0 saturated heterocycles. The normalized spacial score (nSPS) is 13.7. The average molecular weight is 978 g/mol. The molecule has 5 aromatic carbocycles. The van der Waals surface area contributed by atoms with Gasteiger partial charge in [0.05, 0.1) is 8.07 Å². The second kappa shape index (κ2) is 18.1. The predicted octanol–water partition coefficient (Wildman–Crippen LogP) is 14.5. The molecule has 0 amide bonds. The van der Waals surface area contributed by atoms with Gasteiger partial charge in [0.15, 0.2) is 0 Å². The fourth-order valence-electron chi connectivity index (χ4n) is 7.51. The van der Waals surface area contributed by atoms with Gasteiger partial charge in [-0.25, -0.2) is 4.39 Å². The summed E-state index contributed by atoms with van der Waals surface area (Å²) in [5.74, 6) is -3.18. The van der Waals surface area contributed by atoms with Crippen molar-refractivity contribution in [3.63, 3.8) is 0 Å². The molecule has 0 bridgehead atoms. The molecule has 1 radical (unpaired) electrons. The molecular weight excluding hydrogens is 924 g/mol. The third-order valence-electron chi connectivity index (χ3n) is 10.5. The number of thiophene rings is 1. The van der Waals surface area contributed by atoms with Crippen molar-refractivity contribution in [1.82, 2.24) is 9.97 Å². The van der Waals surface area contributed by atoms with E-state index in [1.54, 1.807) is 36.6 Å². The van der Waals surface area contributed by atoms with Crippen LogP contribution in [-0.4, -0.2) is 18.0 Å². The third kappa shape index (κ3) is 9.16. The van der Waals surface area contributed by atoms with Gasteiger partial charge < -0.3 is 9.97 Å². The van der Waals surface area contributed by atoms with Gasteiger partial charge in [-0.1, -0.05) is 120 Å².